The van der Waals surface area contributed by atoms with Gasteiger partial charge in [-0.15, -0.1) is 11.3 Å². The summed E-state index contributed by atoms with van der Waals surface area (Å²) in [5, 5.41) is 11.4. The molecule has 19 heavy (non-hydrogen) atoms. The number of aromatic nitrogens is 3. The maximum atomic E-state index is 4.57. The highest BCUT2D eigenvalue weighted by atomic mass is 32.1. The third-order valence-electron chi connectivity index (χ3n) is 3.11. The van der Waals surface area contributed by atoms with Crippen molar-refractivity contribution in [3.8, 4) is 0 Å². The molecule has 0 spiro atoms. The molecule has 2 heterocycles. The lowest BCUT2D eigenvalue weighted by molar-refractivity contribution is 0.526. The SMILES string of the molecule is CCCNC(Cc1nc(C)cs1)c1cn(C)nc1C. The summed E-state index contributed by atoms with van der Waals surface area (Å²) in [5.41, 5.74) is 3.49. The van der Waals surface area contributed by atoms with Crippen molar-refractivity contribution in [1.29, 1.82) is 0 Å². The molecule has 4 nitrogen and oxygen atoms in total. The molecule has 0 saturated carbocycles. The Labute approximate surface area is 118 Å². The van der Waals surface area contributed by atoms with Gasteiger partial charge in [0.1, 0.15) is 0 Å². The molecular formula is C14H22N4S. The van der Waals surface area contributed by atoms with E-state index < -0.39 is 0 Å². The molecular weight excluding hydrogens is 256 g/mol. The summed E-state index contributed by atoms with van der Waals surface area (Å²) in [6, 6.07) is 0.305. The zero-order chi connectivity index (χ0) is 13.8. The number of hydrogen-bond acceptors (Lipinski definition) is 4. The van der Waals surface area contributed by atoms with Gasteiger partial charge in [-0.3, -0.25) is 4.68 Å². The lowest BCUT2D eigenvalue weighted by atomic mass is 10.1. The maximum Gasteiger partial charge on any atom is 0.0947 e. The van der Waals surface area contributed by atoms with Crippen molar-refractivity contribution < 1.29 is 0 Å². The van der Waals surface area contributed by atoms with Crippen LogP contribution in [0.25, 0.3) is 0 Å². The van der Waals surface area contributed by atoms with E-state index in [-0.39, 0.29) is 0 Å². The standard InChI is InChI=1S/C14H22N4S/c1-5-6-15-13(7-14-16-10(2)9-19-14)12-8-18(4)17-11(12)3/h8-9,13,15H,5-7H2,1-4H3. The molecule has 5 heteroatoms. The van der Waals surface area contributed by atoms with Crippen molar-refractivity contribution >= 4 is 11.3 Å². The molecule has 2 aromatic heterocycles. The average Bonchev–Trinajstić information content (AvgIpc) is 2.91. The first kappa shape index (κ1) is 14.2. The Morgan fingerprint density at radius 2 is 2.21 bits per heavy atom. The number of rotatable bonds is 6. The van der Waals surface area contributed by atoms with Crippen molar-refractivity contribution in [1.82, 2.24) is 20.1 Å². The fourth-order valence-corrected chi connectivity index (χ4v) is 3.06. The molecule has 0 aliphatic rings. The maximum absolute atomic E-state index is 4.57. The van der Waals surface area contributed by atoms with Gasteiger partial charge in [-0.2, -0.15) is 5.10 Å². The molecule has 1 N–H and O–H groups in total. The van der Waals surface area contributed by atoms with Gasteiger partial charge in [0.2, 0.25) is 0 Å². The van der Waals surface area contributed by atoms with E-state index in [4.69, 9.17) is 0 Å². The molecule has 0 fully saturated rings. The van der Waals surface area contributed by atoms with Crippen LogP contribution in [0.1, 0.15) is 41.3 Å². The Balaban J connectivity index is 2.18. The van der Waals surface area contributed by atoms with E-state index in [0.29, 0.717) is 6.04 Å². The summed E-state index contributed by atoms with van der Waals surface area (Å²) in [6.45, 7) is 7.32. The van der Waals surface area contributed by atoms with E-state index >= 15 is 0 Å². The molecule has 0 aliphatic heterocycles. The molecule has 0 amide bonds. The lowest BCUT2D eigenvalue weighted by Crippen LogP contribution is -2.24. The minimum atomic E-state index is 0.305. The quantitative estimate of drug-likeness (QED) is 0.883. The van der Waals surface area contributed by atoms with Crippen LogP contribution in [0, 0.1) is 13.8 Å². The molecule has 2 aromatic rings. The van der Waals surface area contributed by atoms with Crippen LogP contribution in [0.4, 0.5) is 0 Å². The fraction of sp³-hybridized carbons (Fsp3) is 0.571. The molecule has 0 radical (unpaired) electrons. The Morgan fingerprint density at radius 3 is 2.74 bits per heavy atom. The second-order valence-corrected chi connectivity index (χ2v) is 5.88. The largest absolute Gasteiger partial charge is 0.309 e. The van der Waals surface area contributed by atoms with Crippen LogP contribution in [0.5, 0.6) is 0 Å². The summed E-state index contributed by atoms with van der Waals surface area (Å²) in [6.07, 6.45) is 4.18. The Bertz CT molecular complexity index is 529. The zero-order valence-electron chi connectivity index (χ0n) is 12.1. The summed E-state index contributed by atoms with van der Waals surface area (Å²) in [7, 11) is 1.97. The normalized spacial score (nSPS) is 12.8. The van der Waals surface area contributed by atoms with E-state index in [0.717, 1.165) is 30.8 Å². The predicted octanol–water partition coefficient (Wildman–Crippen LogP) is 2.78. The second kappa shape index (κ2) is 6.30. The summed E-state index contributed by atoms with van der Waals surface area (Å²) in [4.78, 5) is 4.57. The van der Waals surface area contributed by atoms with Gasteiger partial charge in [0.25, 0.3) is 0 Å². The highest BCUT2D eigenvalue weighted by Crippen LogP contribution is 2.22. The summed E-state index contributed by atoms with van der Waals surface area (Å²) < 4.78 is 1.89. The van der Waals surface area contributed by atoms with E-state index in [9.17, 15) is 0 Å². The topological polar surface area (TPSA) is 42.7 Å². The van der Waals surface area contributed by atoms with Crippen LogP contribution in [-0.2, 0) is 13.5 Å². The molecule has 1 unspecified atom stereocenters. The zero-order valence-corrected chi connectivity index (χ0v) is 12.9. The van der Waals surface area contributed by atoms with Gasteiger partial charge in [-0.1, -0.05) is 6.92 Å². The number of aryl methyl sites for hydroxylation is 3. The van der Waals surface area contributed by atoms with Gasteiger partial charge in [-0.25, -0.2) is 4.98 Å². The number of nitrogens with one attached hydrogen (secondary N) is 1. The second-order valence-electron chi connectivity index (χ2n) is 4.94. The van der Waals surface area contributed by atoms with Crippen molar-refractivity contribution in [3.05, 3.63) is 33.5 Å². The van der Waals surface area contributed by atoms with Gasteiger partial charge in [0, 0.05) is 42.3 Å². The van der Waals surface area contributed by atoms with Gasteiger partial charge >= 0.3 is 0 Å². The number of hydrogen-bond donors (Lipinski definition) is 1. The molecule has 0 aromatic carbocycles. The Morgan fingerprint density at radius 1 is 1.42 bits per heavy atom. The first-order valence-electron chi connectivity index (χ1n) is 6.74. The first-order valence-corrected chi connectivity index (χ1v) is 7.62. The minimum absolute atomic E-state index is 0.305. The van der Waals surface area contributed by atoms with Crippen LogP contribution in [0.2, 0.25) is 0 Å². The third kappa shape index (κ3) is 3.64. The van der Waals surface area contributed by atoms with E-state index in [2.05, 4.69) is 40.8 Å². The smallest absolute Gasteiger partial charge is 0.0947 e. The Hall–Kier alpha value is -1.20. The average molecular weight is 278 g/mol. The van der Waals surface area contributed by atoms with Gasteiger partial charge < -0.3 is 5.32 Å². The molecule has 0 aliphatic carbocycles. The molecule has 104 valence electrons. The van der Waals surface area contributed by atoms with Crippen LogP contribution < -0.4 is 5.32 Å². The van der Waals surface area contributed by atoms with Gasteiger partial charge in [0.05, 0.1) is 10.7 Å². The van der Waals surface area contributed by atoms with E-state index in [1.165, 1.54) is 10.6 Å². The highest BCUT2D eigenvalue weighted by Gasteiger charge is 2.17. The molecule has 0 bridgehead atoms. The van der Waals surface area contributed by atoms with Crippen LogP contribution in [0.15, 0.2) is 11.6 Å². The fourth-order valence-electron chi connectivity index (χ4n) is 2.24. The highest BCUT2D eigenvalue weighted by molar-refractivity contribution is 7.09. The van der Waals surface area contributed by atoms with Crippen molar-refractivity contribution in [2.45, 2.75) is 39.7 Å². The lowest BCUT2D eigenvalue weighted by Gasteiger charge is -2.16. The molecule has 1 atom stereocenters. The predicted molar refractivity (Wildman–Crippen MR) is 79.5 cm³/mol. The first-order chi connectivity index (χ1) is 9.10. The van der Waals surface area contributed by atoms with Crippen LogP contribution >= 0.6 is 11.3 Å². The summed E-state index contributed by atoms with van der Waals surface area (Å²) in [5.74, 6) is 0. The molecule has 0 saturated heterocycles. The summed E-state index contributed by atoms with van der Waals surface area (Å²) >= 11 is 1.74. The minimum Gasteiger partial charge on any atom is -0.309 e. The monoisotopic (exact) mass is 278 g/mol. The van der Waals surface area contributed by atoms with Gasteiger partial charge in [0.15, 0.2) is 0 Å². The molecule has 2 rings (SSSR count). The van der Waals surface area contributed by atoms with Crippen molar-refractivity contribution in [2.24, 2.45) is 7.05 Å². The van der Waals surface area contributed by atoms with Gasteiger partial charge in [-0.05, 0) is 26.8 Å². The van der Waals surface area contributed by atoms with E-state index in [1.807, 2.05) is 18.7 Å². The number of thiazole rings is 1. The number of nitrogens with zero attached hydrogens (tertiary/aromatic N) is 3. The Kier molecular flexibility index (Phi) is 4.71. The van der Waals surface area contributed by atoms with Crippen molar-refractivity contribution in [3.63, 3.8) is 0 Å². The van der Waals surface area contributed by atoms with E-state index in [1.54, 1.807) is 11.3 Å². The third-order valence-corrected chi connectivity index (χ3v) is 4.10. The van der Waals surface area contributed by atoms with Crippen LogP contribution in [0.3, 0.4) is 0 Å². The van der Waals surface area contributed by atoms with Crippen molar-refractivity contribution in [2.75, 3.05) is 6.54 Å². The van der Waals surface area contributed by atoms with Crippen LogP contribution in [-0.4, -0.2) is 21.3 Å².